The number of nitrogens with two attached hydrogens (primary N) is 1. The first-order valence-corrected chi connectivity index (χ1v) is 2.52. The summed E-state index contributed by atoms with van der Waals surface area (Å²) in [6.45, 7) is 0. The number of carboxylic acid groups (broad SMARTS) is 1. The van der Waals surface area contributed by atoms with Crippen LogP contribution in [0, 0.1) is 5.41 Å². The zero-order valence-corrected chi connectivity index (χ0v) is 5.53. The summed E-state index contributed by atoms with van der Waals surface area (Å²) in [6.07, 6.45) is 2.10. The summed E-state index contributed by atoms with van der Waals surface area (Å²) < 4.78 is 0. The van der Waals surface area contributed by atoms with Crippen molar-refractivity contribution in [3.63, 3.8) is 0 Å². The molecule has 0 fully saturated rings. The largest absolute Gasteiger partial charge is 0.478 e. The number of guanidine groups is 1. The predicted molar refractivity (Wildman–Crippen MR) is 36.5 cm³/mol. The predicted octanol–water partition coefficient (Wildman–Crippen LogP) is -0.590. The highest BCUT2D eigenvalue weighted by atomic mass is 16.4. The van der Waals surface area contributed by atoms with Crippen LogP contribution in [0.2, 0.25) is 0 Å². The van der Waals surface area contributed by atoms with Crippen molar-refractivity contribution in [3.8, 4) is 0 Å². The van der Waals surface area contributed by atoms with Crippen LogP contribution in [0.4, 0.5) is 0 Å². The third kappa shape index (κ3) is 3.48. The zero-order chi connectivity index (χ0) is 8.15. The van der Waals surface area contributed by atoms with Crippen LogP contribution < -0.4 is 5.73 Å². The van der Waals surface area contributed by atoms with Gasteiger partial charge in [0.2, 0.25) is 0 Å². The van der Waals surface area contributed by atoms with Crippen LogP contribution in [-0.2, 0) is 4.79 Å². The summed E-state index contributed by atoms with van der Waals surface area (Å²) in [7, 11) is 1.49. The monoisotopic (exact) mass is 143 g/mol. The normalized spacial score (nSPS) is 9.70. The lowest BCUT2D eigenvalue weighted by Crippen LogP contribution is -2.28. The standard InChI is InChI=1S/C5H9N3O2/c1-8(5(6)7)3-2-4(9)10/h2-3H,1H3,(H3,6,7)(H,9,10). The van der Waals surface area contributed by atoms with E-state index in [2.05, 4.69) is 0 Å². The molecule has 0 amide bonds. The molecule has 56 valence electrons. The molecule has 0 saturated carbocycles. The fourth-order valence-electron chi connectivity index (χ4n) is 0.256. The number of carboxylic acids is 1. The lowest BCUT2D eigenvalue weighted by atomic mass is 10.6. The van der Waals surface area contributed by atoms with E-state index < -0.39 is 5.97 Å². The molecule has 0 saturated heterocycles. The van der Waals surface area contributed by atoms with Gasteiger partial charge in [0.15, 0.2) is 5.96 Å². The molecule has 4 N–H and O–H groups in total. The summed E-state index contributed by atoms with van der Waals surface area (Å²) >= 11 is 0. The molecule has 0 unspecified atom stereocenters. The minimum atomic E-state index is -1.06. The maximum atomic E-state index is 9.90. The van der Waals surface area contributed by atoms with Gasteiger partial charge >= 0.3 is 5.97 Å². The second-order valence-electron chi connectivity index (χ2n) is 1.65. The average Bonchev–Trinajstić information content (AvgIpc) is 1.82. The summed E-state index contributed by atoms with van der Waals surface area (Å²) in [6, 6.07) is 0. The van der Waals surface area contributed by atoms with Crippen molar-refractivity contribution in [1.29, 1.82) is 5.41 Å². The SMILES string of the molecule is CN(C=CC(=O)O)C(=N)N. The van der Waals surface area contributed by atoms with Crippen molar-refractivity contribution in [2.45, 2.75) is 0 Å². The van der Waals surface area contributed by atoms with E-state index in [1.54, 1.807) is 0 Å². The van der Waals surface area contributed by atoms with E-state index >= 15 is 0 Å². The Balaban J connectivity index is 3.89. The lowest BCUT2D eigenvalue weighted by Gasteiger charge is -2.08. The molecule has 0 rings (SSSR count). The van der Waals surface area contributed by atoms with Gasteiger partial charge in [0.1, 0.15) is 0 Å². The van der Waals surface area contributed by atoms with E-state index in [9.17, 15) is 4.79 Å². The Morgan fingerprint density at radius 3 is 2.60 bits per heavy atom. The Morgan fingerprint density at radius 2 is 2.30 bits per heavy atom. The second kappa shape index (κ2) is 3.49. The van der Waals surface area contributed by atoms with Crippen LogP contribution in [0.1, 0.15) is 0 Å². The van der Waals surface area contributed by atoms with E-state index in [0.717, 1.165) is 6.08 Å². The molecule has 0 aromatic rings. The van der Waals surface area contributed by atoms with Crippen molar-refractivity contribution < 1.29 is 9.90 Å². The van der Waals surface area contributed by atoms with Gasteiger partial charge in [-0.05, 0) is 0 Å². The highest BCUT2D eigenvalue weighted by Crippen LogP contribution is 1.80. The van der Waals surface area contributed by atoms with Crippen LogP contribution in [0.5, 0.6) is 0 Å². The van der Waals surface area contributed by atoms with Gasteiger partial charge in [0.25, 0.3) is 0 Å². The van der Waals surface area contributed by atoms with Crippen LogP contribution >= 0.6 is 0 Å². The Morgan fingerprint density at radius 1 is 1.80 bits per heavy atom. The minimum absolute atomic E-state index is 0.197. The number of hydrogen-bond acceptors (Lipinski definition) is 2. The summed E-state index contributed by atoms with van der Waals surface area (Å²) in [4.78, 5) is 11.1. The summed E-state index contributed by atoms with van der Waals surface area (Å²) in [5, 5.41) is 14.9. The minimum Gasteiger partial charge on any atom is -0.478 e. The number of carbonyl (C=O) groups is 1. The molecule has 0 aliphatic carbocycles. The van der Waals surface area contributed by atoms with E-state index in [1.807, 2.05) is 0 Å². The molecule has 10 heavy (non-hydrogen) atoms. The van der Waals surface area contributed by atoms with Gasteiger partial charge in [0, 0.05) is 19.3 Å². The smallest absolute Gasteiger partial charge is 0.329 e. The second-order valence-corrected chi connectivity index (χ2v) is 1.65. The van der Waals surface area contributed by atoms with E-state index in [-0.39, 0.29) is 5.96 Å². The molecule has 0 heterocycles. The van der Waals surface area contributed by atoms with Crippen molar-refractivity contribution in [1.82, 2.24) is 4.90 Å². The summed E-state index contributed by atoms with van der Waals surface area (Å²) in [5.74, 6) is -1.26. The Hall–Kier alpha value is -1.52. The quantitative estimate of drug-likeness (QED) is 0.274. The van der Waals surface area contributed by atoms with E-state index in [1.165, 1.54) is 18.1 Å². The first-order chi connectivity index (χ1) is 4.54. The Bertz CT molecular complexity index is 176. The number of hydrogen-bond donors (Lipinski definition) is 3. The maximum absolute atomic E-state index is 9.90. The third-order valence-corrected chi connectivity index (χ3v) is 0.821. The molecular weight excluding hydrogens is 134 g/mol. The van der Waals surface area contributed by atoms with Gasteiger partial charge in [0.05, 0.1) is 0 Å². The van der Waals surface area contributed by atoms with E-state index in [0.29, 0.717) is 0 Å². The fraction of sp³-hybridized carbons (Fsp3) is 0.200. The van der Waals surface area contributed by atoms with Crippen molar-refractivity contribution >= 4 is 11.9 Å². The number of nitrogens with one attached hydrogen (secondary N) is 1. The molecule has 0 radical (unpaired) electrons. The summed E-state index contributed by atoms with van der Waals surface area (Å²) in [5.41, 5.74) is 4.99. The first-order valence-electron chi connectivity index (χ1n) is 2.52. The van der Waals surface area contributed by atoms with Gasteiger partial charge in [-0.15, -0.1) is 0 Å². The van der Waals surface area contributed by atoms with E-state index in [4.69, 9.17) is 16.2 Å². The molecule has 5 nitrogen and oxygen atoms in total. The molecule has 0 aromatic carbocycles. The van der Waals surface area contributed by atoms with Crippen LogP contribution in [0.3, 0.4) is 0 Å². The molecular formula is C5H9N3O2. The van der Waals surface area contributed by atoms with Crippen LogP contribution in [0.15, 0.2) is 12.3 Å². The van der Waals surface area contributed by atoms with Crippen molar-refractivity contribution in [2.24, 2.45) is 5.73 Å². The lowest BCUT2D eigenvalue weighted by molar-refractivity contribution is -0.131. The molecule has 0 bridgehead atoms. The number of aliphatic carboxylic acids is 1. The molecule has 5 heteroatoms. The highest BCUT2D eigenvalue weighted by Gasteiger charge is 1.92. The Kier molecular flexibility index (Phi) is 2.96. The van der Waals surface area contributed by atoms with Gasteiger partial charge < -0.3 is 15.7 Å². The van der Waals surface area contributed by atoms with Gasteiger partial charge in [-0.1, -0.05) is 0 Å². The Labute approximate surface area is 58.3 Å². The first kappa shape index (κ1) is 8.48. The van der Waals surface area contributed by atoms with Crippen molar-refractivity contribution in [3.05, 3.63) is 12.3 Å². The maximum Gasteiger partial charge on any atom is 0.329 e. The zero-order valence-electron chi connectivity index (χ0n) is 5.53. The van der Waals surface area contributed by atoms with Gasteiger partial charge in [-0.3, -0.25) is 5.41 Å². The molecule has 0 atom stereocenters. The van der Waals surface area contributed by atoms with Gasteiger partial charge in [-0.25, -0.2) is 4.79 Å². The van der Waals surface area contributed by atoms with Crippen molar-refractivity contribution in [2.75, 3.05) is 7.05 Å². The molecule has 0 aliphatic rings. The molecule has 0 spiro atoms. The third-order valence-electron chi connectivity index (χ3n) is 0.821. The fourth-order valence-corrected chi connectivity index (χ4v) is 0.256. The molecule has 0 aliphatic heterocycles. The number of rotatable bonds is 2. The van der Waals surface area contributed by atoms with Crippen LogP contribution in [0.25, 0.3) is 0 Å². The van der Waals surface area contributed by atoms with Gasteiger partial charge in [-0.2, -0.15) is 0 Å². The topological polar surface area (TPSA) is 90.4 Å². The highest BCUT2D eigenvalue weighted by molar-refractivity contribution is 5.81. The average molecular weight is 143 g/mol. The van der Waals surface area contributed by atoms with Crippen LogP contribution in [-0.4, -0.2) is 29.0 Å². The number of nitrogens with zero attached hydrogens (tertiary/aromatic N) is 1. The molecule has 0 aromatic heterocycles.